The van der Waals surface area contributed by atoms with Gasteiger partial charge in [0.2, 0.25) is 11.8 Å². The van der Waals surface area contributed by atoms with Crippen molar-refractivity contribution in [3.05, 3.63) is 11.8 Å². The van der Waals surface area contributed by atoms with Gasteiger partial charge in [-0.1, -0.05) is 20.8 Å². The molecule has 2 rings (SSSR count). The van der Waals surface area contributed by atoms with E-state index in [1.54, 1.807) is 4.68 Å². The maximum Gasteiger partial charge on any atom is 0.239 e. The Morgan fingerprint density at radius 1 is 1.45 bits per heavy atom. The number of carbonyl (C=O) groups is 2. The lowest BCUT2D eigenvalue weighted by Crippen LogP contribution is -2.33. The van der Waals surface area contributed by atoms with Crippen LogP contribution < -0.4 is 11.1 Å². The lowest BCUT2D eigenvalue weighted by atomic mass is 9.92. The van der Waals surface area contributed by atoms with E-state index in [9.17, 15) is 9.59 Å². The number of nitrogens with one attached hydrogen (secondary N) is 1. The molecule has 0 radical (unpaired) electrons. The number of carbonyl (C=O) groups excluding carboxylic acids is 2. The molecule has 1 saturated heterocycles. The number of anilines is 1. The minimum atomic E-state index is -0.288. The molecule has 7 heteroatoms. The van der Waals surface area contributed by atoms with Crippen molar-refractivity contribution in [2.24, 2.45) is 18.7 Å². The van der Waals surface area contributed by atoms with Gasteiger partial charge in [-0.15, -0.1) is 0 Å². The summed E-state index contributed by atoms with van der Waals surface area (Å²) in [5.74, 6) is 0.149. The van der Waals surface area contributed by atoms with Crippen molar-refractivity contribution >= 4 is 17.6 Å². The Bertz CT molecular complexity index is 573. The van der Waals surface area contributed by atoms with Crippen molar-refractivity contribution in [3.63, 3.8) is 0 Å². The van der Waals surface area contributed by atoms with E-state index in [1.807, 2.05) is 18.0 Å². The summed E-state index contributed by atoms with van der Waals surface area (Å²) < 4.78 is 1.68. The van der Waals surface area contributed by atoms with Gasteiger partial charge in [0.05, 0.1) is 18.2 Å². The second kappa shape index (κ2) is 6.08. The summed E-state index contributed by atoms with van der Waals surface area (Å²) in [7, 11) is 1.81. The molecule has 0 spiro atoms. The second-order valence-corrected chi connectivity index (χ2v) is 6.96. The number of nitrogens with two attached hydrogens (primary N) is 1. The molecular weight excluding hydrogens is 282 g/mol. The third-order valence-electron chi connectivity index (χ3n) is 3.96. The number of aromatic nitrogens is 2. The zero-order valence-electron chi connectivity index (χ0n) is 13.7. The molecule has 1 aromatic heterocycles. The number of aryl methyl sites for hydroxylation is 1. The van der Waals surface area contributed by atoms with E-state index in [4.69, 9.17) is 5.73 Å². The number of likely N-dealkylation sites (tertiary alicyclic amines) is 1. The smallest absolute Gasteiger partial charge is 0.239 e. The molecular formula is C15H25N5O2. The van der Waals surface area contributed by atoms with Crippen LogP contribution in [0.5, 0.6) is 0 Å². The molecule has 1 aromatic rings. The van der Waals surface area contributed by atoms with Gasteiger partial charge in [0.15, 0.2) is 0 Å². The molecule has 1 fully saturated rings. The monoisotopic (exact) mass is 307 g/mol. The van der Waals surface area contributed by atoms with Crippen LogP contribution in [0.1, 0.15) is 32.9 Å². The van der Waals surface area contributed by atoms with Crippen molar-refractivity contribution in [2.45, 2.75) is 32.6 Å². The molecule has 122 valence electrons. The minimum Gasteiger partial charge on any atom is -0.369 e. The van der Waals surface area contributed by atoms with Gasteiger partial charge in [-0.05, 0) is 13.0 Å². The summed E-state index contributed by atoms with van der Waals surface area (Å²) in [6.45, 7) is 7.78. The summed E-state index contributed by atoms with van der Waals surface area (Å²) >= 11 is 0. The first-order valence-electron chi connectivity index (χ1n) is 7.53. The molecule has 2 heterocycles. The molecule has 0 saturated carbocycles. The maximum absolute atomic E-state index is 12.1. The molecule has 2 amide bonds. The number of nitrogens with zero attached hydrogens (tertiary/aromatic N) is 3. The molecule has 1 aliphatic heterocycles. The fourth-order valence-corrected chi connectivity index (χ4v) is 2.54. The Hall–Kier alpha value is -1.89. The number of hydrogen-bond acceptors (Lipinski definition) is 4. The predicted octanol–water partition coefficient (Wildman–Crippen LogP) is 0.463. The van der Waals surface area contributed by atoms with E-state index in [2.05, 4.69) is 31.2 Å². The zero-order chi connectivity index (χ0) is 16.5. The van der Waals surface area contributed by atoms with Crippen LogP contribution in [-0.4, -0.2) is 46.1 Å². The summed E-state index contributed by atoms with van der Waals surface area (Å²) in [6.07, 6.45) is 0.725. The third kappa shape index (κ3) is 3.85. The molecule has 0 aromatic carbocycles. The van der Waals surface area contributed by atoms with Gasteiger partial charge >= 0.3 is 0 Å². The summed E-state index contributed by atoms with van der Waals surface area (Å²) in [6, 6.07) is 1.90. The van der Waals surface area contributed by atoms with Crippen molar-refractivity contribution < 1.29 is 9.59 Å². The first-order chi connectivity index (χ1) is 10.2. The normalized spacial score (nSPS) is 19.4. The van der Waals surface area contributed by atoms with Crippen LogP contribution in [0.25, 0.3) is 0 Å². The fraction of sp³-hybridized carbons (Fsp3) is 0.667. The summed E-state index contributed by atoms with van der Waals surface area (Å²) in [5, 5.41) is 7.31. The van der Waals surface area contributed by atoms with Gasteiger partial charge in [-0.2, -0.15) is 5.10 Å². The molecule has 3 N–H and O–H groups in total. The summed E-state index contributed by atoms with van der Waals surface area (Å²) in [5.41, 5.74) is 6.17. The fourth-order valence-electron chi connectivity index (χ4n) is 2.54. The average molecular weight is 307 g/mol. The van der Waals surface area contributed by atoms with Crippen molar-refractivity contribution in [1.29, 1.82) is 0 Å². The highest BCUT2D eigenvalue weighted by molar-refractivity contribution is 5.91. The SMILES string of the molecule is Cn1nc(C(C)(C)C)cc1NC(=O)CN1CCC(C(N)=O)C1. The number of hydrogen-bond donors (Lipinski definition) is 2. The molecule has 0 bridgehead atoms. The van der Waals surface area contributed by atoms with Gasteiger partial charge in [-0.25, -0.2) is 0 Å². The lowest BCUT2D eigenvalue weighted by Gasteiger charge is -2.15. The molecule has 7 nitrogen and oxygen atoms in total. The van der Waals surface area contributed by atoms with Crippen molar-refractivity contribution in [2.75, 3.05) is 25.0 Å². The first kappa shape index (κ1) is 16.5. The highest BCUT2D eigenvalue weighted by Crippen LogP contribution is 2.23. The lowest BCUT2D eigenvalue weighted by molar-refractivity contribution is -0.122. The van der Waals surface area contributed by atoms with E-state index in [0.29, 0.717) is 12.4 Å². The standard InChI is InChI=1S/C15H25N5O2/c1-15(2,3)11-7-12(19(4)18-11)17-13(21)9-20-6-5-10(8-20)14(16)22/h7,10H,5-6,8-9H2,1-4H3,(H2,16,22)(H,17,21). The highest BCUT2D eigenvalue weighted by Gasteiger charge is 2.28. The number of amides is 2. The van der Waals surface area contributed by atoms with Crippen molar-refractivity contribution in [3.8, 4) is 0 Å². The quantitative estimate of drug-likeness (QED) is 0.845. The highest BCUT2D eigenvalue weighted by atomic mass is 16.2. The van der Waals surface area contributed by atoms with Crippen LogP contribution in [0.2, 0.25) is 0 Å². The Balaban J connectivity index is 1.93. The number of rotatable bonds is 4. The van der Waals surface area contributed by atoms with Gasteiger partial charge in [0.1, 0.15) is 5.82 Å². The molecule has 1 atom stereocenters. The van der Waals surface area contributed by atoms with Gasteiger partial charge in [-0.3, -0.25) is 19.2 Å². The third-order valence-corrected chi connectivity index (χ3v) is 3.96. The number of primary amides is 1. The molecule has 0 aliphatic carbocycles. The zero-order valence-corrected chi connectivity index (χ0v) is 13.7. The Labute approximate surface area is 130 Å². The minimum absolute atomic E-state index is 0.0651. The van der Waals surface area contributed by atoms with Gasteiger partial charge in [0.25, 0.3) is 0 Å². The first-order valence-corrected chi connectivity index (χ1v) is 7.53. The van der Waals surface area contributed by atoms with Crippen molar-refractivity contribution in [1.82, 2.24) is 14.7 Å². The van der Waals surface area contributed by atoms with E-state index < -0.39 is 0 Å². The Morgan fingerprint density at radius 3 is 2.64 bits per heavy atom. The molecule has 22 heavy (non-hydrogen) atoms. The van der Waals surface area contributed by atoms with Gasteiger partial charge < -0.3 is 11.1 Å². The van der Waals surface area contributed by atoms with Crippen LogP contribution >= 0.6 is 0 Å². The molecule has 1 aliphatic rings. The van der Waals surface area contributed by atoms with E-state index in [1.165, 1.54) is 0 Å². The van der Waals surface area contributed by atoms with E-state index >= 15 is 0 Å². The Kier molecular flexibility index (Phi) is 4.55. The Morgan fingerprint density at radius 2 is 2.14 bits per heavy atom. The van der Waals surface area contributed by atoms with E-state index in [-0.39, 0.29) is 29.7 Å². The van der Waals surface area contributed by atoms with Gasteiger partial charge in [0, 0.05) is 25.1 Å². The summed E-state index contributed by atoms with van der Waals surface area (Å²) in [4.78, 5) is 25.2. The van der Waals surface area contributed by atoms with Crippen LogP contribution in [0.15, 0.2) is 6.07 Å². The average Bonchev–Trinajstić information content (AvgIpc) is 2.97. The van der Waals surface area contributed by atoms with E-state index in [0.717, 1.165) is 18.7 Å². The van der Waals surface area contributed by atoms with Crippen LogP contribution in [0.3, 0.4) is 0 Å². The topological polar surface area (TPSA) is 93.2 Å². The molecule has 1 unspecified atom stereocenters. The second-order valence-electron chi connectivity index (χ2n) is 6.96. The largest absolute Gasteiger partial charge is 0.369 e. The van der Waals surface area contributed by atoms with Crippen LogP contribution in [-0.2, 0) is 22.1 Å². The predicted molar refractivity (Wildman–Crippen MR) is 84.3 cm³/mol. The maximum atomic E-state index is 12.1. The van der Waals surface area contributed by atoms with Crippen LogP contribution in [0, 0.1) is 5.92 Å². The van der Waals surface area contributed by atoms with Crippen LogP contribution in [0.4, 0.5) is 5.82 Å².